The van der Waals surface area contributed by atoms with Gasteiger partial charge in [0.1, 0.15) is 0 Å². The van der Waals surface area contributed by atoms with Crippen molar-refractivity contribution in [1.29, 1.82) is 0 Å². The molecule has 2 unspecified atom stereocenters. The Hall–Kier alpha value is 0.650. The van der Waals surface area contributed by atoms with E-state index in [0.717, 1.165) is 24.4 Å². The Morgan fingerprint density at radius 1 is 0.792 bits per heavy atom. The van der Waals surface area contributed by atoms with E-state index >= 15 is 0 Å². The third-order valence-electron chi connectivity index (χ3n) is 8.67. The third-order valence-corrected chi connectivity index (χ3v) is 8.67. The second kappa shape index (κ2) is 7.34. The summed E-state index contributed by atoms with van der Waals surface area (Å²) in [5.41, 5.74) is -0.314. The molecule has 2 atom stereocenters. The molecule has 24 heavy (non-hydrogen) atoms. The number of hydrogen-bond donors (Lipinski definition) is 1. The minimum atomic E-state index is -0.314. The fourth-order valence-electron chi connectivity index (χ4n) is 7.14. The van der Waals surface area contributed by atoms with Crippen LogP contribution in [0.15, 0.2) is 0 Å². The second-order valence-corrected chi connectivity index (χ2v) is 10.0. The number of hydrogen-bond acceptors (Lipinski definition) is 1. The minimum absolute atomic E-state index is 0. The van der Waals surface area contributed by atoms with Crippen molar-refractivity contribution in [3.63, 3.8) is 0 Å². The molecule has 4 fully saturated rings. The zero-order chi connectivity index (χ0) is 16.1. The molecular formula is C21H38INO. The van der Waals surface area contributed by atoms with Gasteiger partial charge >= 0.3 is 0 Å². The molecule has 2 saturated carbocycles. The van der Waals surface area contributed by atoms with Crippen molar-refractivity contribution < 1.29 is 33.6 Å². The molecule has 1 N–H and O–H groups in total. The van der Waals surface area contributed by atoms with E-state index in [4.69, 9.17) is 0 Å². The van der Waals surface area contributed by atoms with E-state index in [2.05, 4.69) is 14.1 Å². The van der Waals surface area contributed by atoms with Crippen LogP contribution in [0.25, 0.3) is 0 Å². The predicted molar refractivity (Wildman–Crippen MR) is 95.1 cm³/mol. The fourth-order valence-corrected chi connectivity index (χ4v) is 7.14. The van der Waals surface area contributed by atoms with Crippen LogP contribution in [0.2, 0.25) is 0 Å². The Morgan fingerprint density at radius 3 is 1.62 bits per heavy atom. The molecule has 2 bridgehead atoms. The summed E-state index contributed by atoms with van der Waals surface area (Å²) in [6, 6.07) is 1.74. The van der Waals surface area contributed by atoms with Crippen molar-refractivity contribution in [1.82, 2.24) is 0 Å². The molecule has 2 aliphatic heterocycles. The molecule has 2 nitrogen and oxygen atoms in total. The van der Waals surface area contributed by atoms with Gasteiger partial charge in [-0.1, -0.05) is 25.7 Å². The standard InChI is InChI=1S/C21H38NO.HI/c1-22(2)19-11-12-20(22)14-16(13-19)15-21(23,17-7-3-4-8-17)18-9-5-6-10-18;/h16-20,23H,3-15H2,1-2H3;1H/q+1;/p-1. The van der Waals surface area contributed by atoms with Crippen molar-refractivity contribution in [2.45, 2.75) is 101 Å². The topological polar surface area (TPSA) is 20.2 Å². The SMILES string of the molecule is C[N+]1(C)C2CCC1CC(CC(O)(C1CCCC1)C1CCCC1)C2.[I-]. The lowest BCUT2D eigenvalue weighted by Crippen LogP contribution is -3.00. The van der Waals surface area contributed by atoms with Crippen LogP contribution in [-0.2, 0) is 0 Å². The molecule has 2 aliphatic carbocycles. The van der Waals surface area contributed by atoms with Gasteiger partial charge in [0, 0.05) is 25.7 Å². The maximum atomic E-state index is 11.9. The largest absolute Gasteiger partial charge is 1.00 e. The van der Waals surface area contributed by atoms with Gasteiger partial charge in [-0.25, -0.2) is 0 Å². The van der Waals surface area contributed by atoms with E-state index in [1.165, 1.54) is 81.5 Å². The molecule has 0 aromatic heterocycles. The van der Waals surface area contributed by atoms with Crippen LogP contribution in [-0.4, -0.2) is 41.4 Å². The number of fused-ring (bicyclic) bond motifs is 2. The maximum Gasteiger partial charge on any atom is 0.0893 e. The molecule has 3 heteroatoms. The van der Waals surface area contributed by atoms with Crippen molar-refractivity contribution in [3.8, 4) is 0 Å². The Kier molecular flexibility index (Phi) is 5.94. The number of halogens is 1. The van der Waals surface area contributed by atoms with Crippen molar-refractivity contribution in [2.24, 2.45) is 17.8 Å². The first kappa shape index (κ1) is 19.4. The Morgan fingerprint density at radius 2 is 1.21 bits per heavy atom. The van der Waals surface area contributed by atoms with Gasteiger partial charge in [0.05, 0.1) is 31.8 Å². The van der Waals surface area contributed by atoms with Crippen molar-refractivity contribution in [2.75, 3.05) is 14.1 Å². The van der Waals surface area contributed by atoms with E-state index in [0.29, 0.717) is 11.8 Å². The van der Waals surface area contributed by atoms with Crippen LogP contribution in [0.4, 0.5) is 0 Å². The molecule has 0 radical (unpaired) electrons. The average molecular weight is 447 g/mol. The highest BCUT2D eigenvalue weighted by atomic mass is 127. The van der Waals surface area contributed by atoms with Crippen LogP contribution < -0.4 is 24.0 Å². The Bertz CT molecular complexity index is 394. The van der Waals surface area contributed by atoms with Crippen LogP contribution in [0.1, 0.15) is 83.5 Å². The van der Waals surface area contributed by atoms with E-state index in [1.54, 1.807) is 0 Å². The average Bonchev–Trinajstić information content (AvgIpc) is 3.22. The van der Waals surface area contributed by atoms with Crippen LogP contribution in [0, 0.1) is 17.8 Å². The highest BCUT2D eigenvalue weighted by Gasteiger charge is 2.52. The predicted octanol–water partition coefficient (Wildman–Crippen LogP) is 1.51. The zero-order valence-electron chi connectivity index (χ0n) is 15.9. The Balaban J connectivity index is 0.00000169. The summed E-state index contributed by atoms with van der Waals surface area (Å²) in [4.78, 5) is 0. The molecule has 140 valence electrons. The fraction of sp³-hybridized carbons (Fsp3) is 1.00. The van der Waals surface area contributed by atoms with E-state index in [9.17, 15) is 5.11 Å². The molecular weight excluding hydrogens is 409 g/mol. The van der Waals surface area contributed by atoms with Gasteiger partial charge in [-0.05, 0) is 49.9 Å². The number of quaternary nitrogens is 1. The van der Waals surface area contributed by atoms with E-state index < -0.39 is 0 Å². The molecule has 0 aromatic carbocycles. The summed E-state index contributed by atoms with van der Waals surface area (Å²) in [6.45, 7) is 0. The summed E-state index contributed by atoms with van der Waals surface area (Å²) in [7, 11) is 4.91. The first-order valence-electron chi connectivity index (χ1n) is 10.6. The molecule has 2 saturated heterocycles. The number of rotatable bonds is 4. The van der Waals surface area contributed by atoms with Crippen LogP contribution in [0.5, 0.6) is 0 Å². The summed E-state index contributed by atoms with van der Waals surface area (Å²) in [5, 5.41) is 11.9. The van der Waals surface area contributed by atoms with Gasteiger partial charge in [0.15, 0.2) is 0 Å². The quantitative estimate of drug-likeness (QED) is 0.512. The lowest BCUT2D eigenvalue weighted by molar-refractivity contribution is -0.931. The van der Waals surface area contributed by atoms with Crippen molar-refractivity contribution >= 4 is 0 Å². The summed E-state index contributed by atoms with van der Waals surface area (Å²) in [6.07, 6.45) is 17.4. The highest BCUT2D eigenvalue weighted by Crippen LogP contribution is 2.51. The first-order valence-corrected chi connectivity index (χ1v) is 10.6. The Labute approximate surface area is 166 Å². The molecule has 2 heterocycles. The second-order valence-electron chi connectivity index (χ2n) is 10.0. The van der Waals surface area contributed by atoms with Gasteiger partial charge in [-0.2, -0.15) is 0 Å². The number of nitrogens with zero attached hydrogens (tertiary/aromatic N) is 1. The molecule has 4 rings (SSSR count). The van der Waals surface area contributed by atoms with Crippen LogP contribution >= 0.6 is 0 Å². The lowest BCUT2D eigenvalue weighted by Gasteiger charge is -2.48. The van der Waals surface area contributed by atoms with E-state index in [1.807, 2.05) is 0 Å². The van der Waals surface area contributed by atoms with Gasteiger partial charge in [0.2, 0.25) is 0 Å². The molecule has 0 amide bonds. The molecule has 4 aliphatic rings. The van der Waals surface area contributed by atoms with Gasteiger partial charge < -0.3 is 33.6 Å². The smallest absolute Gasteiger partial charge is 0.0893 e. The summed E-state index contributed by atoms with van der Waals surface area (Å²) in [5.74, 6) is 2.03. The van der Waals surface area contributed by atoms with Gasteiger partial charge in [-0.15, -0.1) is 0 Å². The third kappa shape index (κ3) is 3.31. The van der Waals surface area contributed by atoms with E-state index in [-0.39, 0.29) is 29.6 Å². The normalized spacial score (nSPS) is 36.9. The highest BCUT2D eigenvalue weighted by molar-refractivity contribution is 4.99. The maximum absolute atomic E-state index is 11.9. The van der Waals surface area contributed by atoms with Gasteiger partial charge in [-0.3, -0.25) is 0 Å². The van der Waals surface area contributed by atoms with Gasteiger partial charge in [0.25, 0.3) is 0 Å². The van der Waals surface area contributed by atoms with Crippen molar-refractivity contribution in [3.05, 3.63) is 0 Å². The lowest BCUT2D eigenvalue weighted by atomic mass is 9.68. The molecule has 0 aromatic rings. The molecule has 0 spiro atoms. The first-order chi connectivity index (χ1) is 11.0. The zero-order valence-corrected chi connectivity index (χ0v) is 18.0. The number of aliphatic hydroxyl groups is 1. The number of piperidine rings is 1. The summed E-state index contributed by atoms with van der Waals surface area (Å²) >= 11 is 0. The summed E-state index contributed by atoms with van der Waals surface area (Å²) < 4.78 is 1.27. The van der Waals surface area contributed by atoms with Crippen LogP contribution in [0.3, 0.4) is 0 Å². The minimum Gasteiger partial charge on any atom is -1.00 e. The monoisotopic (exact) mass is 447 g/mol.